The highest BCUT2D eigenvalue weighted by Gasteiger charge is 2.19. The van der Waals surface area contributed by atoms with E-state index in [1.54, 1.807) is 0 Å². The zero-order valence-corrected chi connectivity index (χ0v) is 13.7. The Balaban J connectivity index is 2.00. The Bertz CT molecular complexity index is 914. The molecule has 0 heterocycles. The van der Waals surface area contributed by atoms with E-state index < -0.39 is 23.3 Å². The van der Waals surface area contributed by atoms with Crippen LogP contribution < -0.4 is 0 Å². The molecule has 25 heavy (non-hydrogen) atoms. The smallest absolute Gasteiger partial charge is 0.160 e. The van der Waals surface area contributed by atoms with Crippen LogP contribution in [0, 0.1) is 35.1 Å². The van der Waals surface area contributed by atoms with Crippen LogP contribution in [0.1, 0.15) is 48.4 Å². The van der Waals surface area contributed by atoms with Crippen molar-refractivity contribution in [1.29, 1.82) is 0 Å². The van der Waals surface area contributed by atoms with Crippen molar-refractivity contribution in [3.8, 4) is 11.8 Å². The van der Waals surface area contributed by atoms with E-state index in [2.05, 4.69) is 18.8 Å². The first kappa shape index (κ1) is 17.3. The third kappa shape index (κ3) is 3.61. The molecule has 0 spiro atoms. The number of benzene rings is 2. The quantitative estimate of drug-likeness (QED) is 0.479. The minimum Gasteiger partial charge on any atom is -0.205 e. The van der Waals surface area contributed by atoms with Crippen LogP contribution in [0.25, 0.3) is 6.08 Å². The van der Waals surface area contributed by atoms with Crippen molar-refractivity contribution in [3.05, 3.63) is 75.4 Å². The molecule has 1 aliphatic rings. The Morgan fingerprint density at radius 2 is 1.72 bits per heavy atom. The molecule has 0 radical (unpaired) electrons. The van der Waals surface area contributed by atoms with Gasteiger partial charge in [-0.05, 0) is 54.7 Å². The highest BCUT2D eigenvalue weighted by atomic mass is 19.2. The minimum atomic E-state index is -1.05. The number of hydrogen-bond acceptors (Lipinski definition) is 0. The molecule has 0 nitrogen and oxygen atoms in total. The van der Waals surface area contributed by atoms with Crippen molar-refractivity contribution in [3.63, 3.8) is 0 Å². The fraction of sp³-hybridized carbons (Fsp3) is 0.238. The van der Waals surface area contributed by atoms with Crippen molar-refractivity contribution in [1.82, 2.24) is 0 Å². The van der Waals surface area contributed by atoms with Crippen molar-refractivity contribution in [2.45, 2.75) is 32.6 Å². The lowest BCUT2D eigenvalue weighted by Gasteiger charge is -2.18. The Morgan fingerprint density at radius 3 is 2.44 bits per heavy atom. The maximum absolute atomic E-state index is 14.7. The Labute approximate surface area is 144 Å². The fourth-order valence-electron chi connectivity index (χ4n) is 2.98. The van der Waals surface area contributed by atoms with Gasteiger partial charge in [0.25, 0.3) is 0 Å². The molecule has 0 aliphatic heterocycles. The third-order valence-electron chi connectivity index (χ3n) is 4.23. The van der Waals surface area contributed by atoms with E-state index in [9.17, 15) is 17.6 Å². The summed E-state index contributed by atoms with van der Waals surface area (Å²) in [5.41, 5.74) is 2.02. The van der Waals surface area contributed by atoms with Crippen LogP contribution in [0.4, 0.5) is 17.6 Å². The summed E-state index contributed by atoms with van der Waals surface area (Å²) in [6, 6.07) is 4.39. The first-order valence-corrected chi connectivity index (χ1v) is 8.17. The second-order valence-corrected chi connectivity index (χ2v) is 6.05. The van der Waals surface area contributed by atoms with Gasteiger partial charge in [-0.1, -0.05) is 36.8 Å². The van der Waals surface area contributed by atoms with Gasteiger partial charge in [-0.15, -0.1) is 0 Å². The van der Waals surface area contributed by atoms with Crippen LogP contribution >= 0.6 is 0 Å². The highest BCUT2D eigenvalue weighted by Crippen LogP contribution is 2.31. The summed E-state index contributed by atoms with van der Waals surface area (Å²) in [5, 5.41) is 0. The molecule has 1 aliphatic carbocycles. The van der Waals surface area contributed by atoms with E-state index in [4.69, 9.17) is 0 Å². The molecule has 3 rings (SSSR count). The zero-order valence-electron chi connectivity index (χ0n) is 13.7. The predicted octanol–water partition coefficient (Wildman–Crippen LogP) is 5.77. The number of fused-ring (bicyclic) bond motifs is 1. The van der Waals surface area contributed by atoms with Crippen LogP contribution in [-0.2, 0) is 6.42 Å². The molecule has 0 aromatic heterocycles. The molecule has 0 bridgehead atoms. The van der Waals surface area contributed by atoms with Crippen molar-refractivity contribution >= 4 is 6.08 Å². The fourth-order valence-corrected chi connectivity index (χ4v) is 2.98. The summed E-state index contributed by atoms with van der Waals surface area (Å²) >= 11 is 0. The van der Waals surface area contributed by atoms with Crippen molar-refractivity contribution in [2.75, 3.05) is 0 Å². The van der Waals surface area contributed by atoms with Crippen LogP contribution in [-0.4, -0.2) is 0 Å². The second kappa shape index (κ2) is 7.14. The molecule has 0 amide bonds. The predicted molar refractivity (Wildman–Crippen MR) is 89.9 cm³/mol. The maximum atomic E-state index is 14.7. The standard InChI is InChI=1S/C21H16F4/c1-2-3-13-4-7-16-15(10-13)12-19(23)17(21(16)25)8-5-14-6-9-18(22)20(24)11-14/h6,9-12H,2-4,7H2,1H3. The molecule has 0 N–H and O–H groups in total. The average molecular weight is 344 g/mol. The monoisotopic (exact) mass is 344 g/mol. The van der Waals surface area contributed by atoms with Gasteiger partial charge >= 0.3 is 0 Å². The topological polar surface area (TPSA) is 0 Å². The molecule has 2 aromatic carbocycles. The van der Waals surface area contributed by atoms with E-state index >= 15 is 0 Å². The summed E-state index contributed by atoms with van der Waals surface area (Å²) < 4.78 is 55.1. The summed E-state index contributed by atoms with van der Waals surface area (Å²) in [6.45, 7) is 2.06. The third-order valence-corrected chi connectivity index (χ3v) is 4.23. The van der Waals surface area contributed by atoms with Gasteiger partial charge in [0.1, 0.15) is 11.6 Å². The van der Waals surface area contributed by atoms with Gasteiger partial charge in [0.05, 0.1) is 5.56 Å². The minimum absolute atomic E-state index is 0.153. The molecule has 0 saturated heterocycles. The molecule has 0 saturated carbocycles. The normalized spacial score (nSPS) is 12.9. The van der Waals surface area contributed by atoms with Gasteiger partial charge in [0.15, 0.2) is 11.6 Å². The van der Waals surface area contributed by atoms with Crippen molar-refractivity contribution in [2.24, 2.45) is 0 Å². The first-order valence-electron chi connectivity index (χ1n) is 8.17. The van der Waals surface area contributed by atoms with E-state index in [0.717, 1.165) is 31.4 Å². The lowest BCUT2D eigenvalue weighted by molar-refractivity contribution is 0.508. The summed E-state index contributed by atoms with van der Waals surface area (Å²) in [6.07, 6.45) is 5.01. The lowest BCUT2D eigenvalue weighted by Crippen LogP contribution is -2.06. The second-order valence-electron chi connectivity index (χ2n) is 6.05. The zero-order chi connectivity index (χ0) is 18.0. The van der Waals surface area contributed by atoms with Gasteiger partial charge in [-0.3, -0.25) is 0 Å². The van der Waals surface area contributed by atoms with Gasteiger partial charge in [-0.2, -0.15) is 0 Å². The van der Waals surface area contributed by atoms with E-state index in [1.807, 2.05) is 6.08 Å². The van der Waals surface area contributed by atoms with E-state index in [1.165, 1.54) is 17.7 Å². The maximum Gasteiger partial charge on any atom is 0.160 e. The van der Waals surface area contributed by atoms with E-state index in [0.29, 0.717) is 17.5 Å². The largest absolute Gasteiger partial charge is 0.205 e. The first-order chi connectivity index (χ1) is 12.0. The molecule has 0 fully saturated rings. The number of halogens is 4. The number of hydrogen-bond donors (Lipinski definition) is 0. The van der Waals surface area contributed by atoms with Gasteiger partial charge in [-0.25, -0.2) is 17.6 Å². The summed E-state index contributed by atoms with van der Waals surface area (Å²) in [5.74, 6) is 1.45. The average Bonchev–Trinajstić information content (AvgIpc) is 2.58. The van der Waals surface area contributed by atoms with Crippen molar-refractivity contribution < 1.29 is 17.6 Å². The van der Waals surface area contributed by atoms with Gasteiger partial charge < -0.3 is 0 Å². The molecule has 0 atom stereocenters. The summed E-state index contributed by atoms with van der Waals surface area (Å²) in [7, 11) is 0. The summed E-state index contributed by atoms with van der Waals surface area (Å²) in [4.78, 5) is 0. The van der Waals surface area contributed by atoms with Crippen LogP contribution in [0.15, 0.2) is 29.8 Å². The molecular weight excluding hydrogens is 328 g/mol. The molecular formula is C21H16F4. The molecule has 2 aromatic rings. The van der Waals surface area contributed by atoms with Crippen LogP contribution in [0.2, 0.25) is 0 Å². The van der Waals surface area contributed by atoms with E-state index in [-0.39, 0.29) is 11.1 Å². The number of allylic oxidation sites excluding steroid dienone is 1. The highest BCUT2D eigenvalue weighted by molar-refractivity contribution is 5.62. The molecule has 4 heteroatoms. The number of rotatable bonds is 2. The Kier molecular flexibility index (Phi) is 4.94. The van der Waals surface area contributed by atoms with Crippen LogP contribution in [0.3, 0.4) is 0 Å². The van der Waals surface area contributed by atoms with Crippen LogP contribution in [0.5, 0.6) is 0 Å². The molecule has 0 unspecified atom stereocenters. The van der Waals surface area contributed by atoms with Gasteiger partial charge in [0.2, 0.25) is 0 Å². The lowest BCUT2D eigenvalue weighted by atomic mass is 9.88. The molecule has 128 valence electrons. The Hall–Kier alpha value is -2.54. The SMILES string of the molecule is CCCC1=Cc2cc(F)c(C#Cc3ccc(F)c(F)c3)c(F)c2CC1. The Morgan fingerprint density at radius 1 is 0.920 bits per heavy atom. The van der Waals surface area contributed by atoms with Gasteiger partial charge in [0, 0.05) is 5.56 Å².